The third-order valence-corrected chi connectivity index (χ3v) is 5.91. The van der Waals surface area contributed by atoms with Crippen LogP contribution in [0.2, 0.25) is 5.02 Å². The second-order valence-electron chi connectivity index (χ2n) is 7.39. The fourth-order valence-electron chi connectivity index (χ4n) is 4.27. The van der Waals surface area contributed by atoms with Gasteiger partial charge < -0.3 is 19.0 Å². The summed E-state index contributed by atoms with van der Waals surface area (Å²) in [4.78, 5) is 22.6. The Morgan fingerprint density at radius 1 is 1.41 bits per heavy atom. The summed E-state index contributed by atoms with van der Waals surface area (Å²) in [5.74, 6) is -0.849. The molecular weight excluding hydrogens is 392 g/mol. The molecule has 0 saturated carbocycles. The maximum atomic E-state index is 11.4. The number of aliphatic carboxylic acids is 1. The van der Waals surface area contributed by atoms with Crippen LogP contribution in [0.3, 0.4) is 0 Å². The van der Waals surface area contributed by atoms with Crippen molar-refractivity contribution in [2.45, 2.75) is 31.8 Å². The molecule has 1 atom stereocenters. The van der Waals surface area contributed by atoms with Gasteiger partial charge in [-0.1, -0.05) is 11.6 Å². The molecule has 0 saturated heterocycles. The van der Waals surface area contributed by atoms with Crippen LogP contribution in [0.25, 0.3) is 22.1 Å². The molecule has 7 nitrogen and oxygen atoms in total. The first-order chi connectivity index (χ1) is 14.0. The van der Waals surface area contributed by atoms with Crippen molar-refractivity contribution < 1.29 is 14.3 Å². The van der Waals surface area contributed by atoms with Gasteiger partial charge in [0, 0.05) is 41.6 Å². The lowest BCUT2D eigenvalue weighted by atomic mass is 9.92. The van der Waals surface area contributed by atoms with Crippen LogP contribution < -0.4 is 4.90 Å². The Morgan fingerprint density at radius 3 is 3.10 bits per heavy atom. The predicted molar refractivity (Wildman–Crippen MR) is 111 cm³/mol. The van der Waals surface area contributed by atoms with Crippen LogP contribution in [0.1, 0.15) is 17.7 Å². The lowest BCUT2D eigenvalue weighted by molar-refractivity contribution is -0.137. The first-order valence-electron chi connectivity index (χ1n) is 9.47. The third kappa shape index (κ3) is 3.02. The fraction of sp³-hybridized carbons (Fsp3) is 0.286. The molecule has 0 bridgehead atoms. The molecule has 1 N–H and O–H groups in total. The lowest BCUT2D eigenvalue weighted by Gasteiger charge is -2.30. The third-order valence-electron chi connectivity index (χ3n) is 5.67. The first kappa shape index (κ1) is 18.0. The van der Waals surface area contributed by atoms with Gasteiger partial charge in [0.2, 0.25) is 0 Å². The summed E-state index contributed by atoms with van der Waals surface area (Å²) in [5.41, 5.74) is 5.37. The van der Waals surface area contributed by atoms with Gasteiger partial charge in [0.15, 0.2) is 5.58 Å². The van der Waals surface area contributed by atoms with E-state index < -0.39 is 5.97 Å². The zero-order valence-corrected chi connectivity index (χ0v) is 16.6. The number of carbonyl (C=O) groups is 1. The number of fused-ring (bicyclic) bond motifs is 4. The number of oxazole rings is 1. The highest BCUT2D eigenvalue weighted by Crippen LogP contribution is 2.34. The van der Waals surface area contributed by atoms with Crippen molar-refractivity contribution in [2.75, 3.05) is 11.9 Å². The molecule has 1 aliphatic carbocycles. The van der Waals surface area contributed by atoms with Crippen molar-refractivity contribution in [1.29, 1.82) is 0 Å². The predicted octanol–water partition coefficient (Wildman–Crippen LogP) is 3.91. The molecule has 1 aromatic carbocycles. The number of hydrogen-bond donors (Lipinski definition) is 1. The van der Waals surface area contributed by atoms with Crippen LogP contribution in [0.4, 0.5) is 6.01 Å². The van der Waals surface area contributed by atoms with E-state index in [1.165, 1.54) is 0 Å². The SMILES string of the molecule is CN(c1nc2ccc(Cl)cc2o1)[C@H]1CCc2c(c3ncccc3n2CC(=O)O)C1. The van der Waals surface area contributed by atoms with Gasteiger partial charge >= 0.3 is 5.97 Å². The molecule has 0 amide bonds. The van der Waals surface area contributed by atoms with E-state index in [1.54, 1.807) is 18.3 Å². The van der Waals surface area contributed by atoms with Gasteiger partial charge in [-0.05, 0) is 43.5 Å². The van der Waals surface area contributed by atoms with E-state index in [-0.39, 0.29) is 12.6 Å². The number of anilines is 1. The fourth-order valence-corrected chi connectivity index (χ4v) is 4.44. The van der Waals surface area contributed by atoms with Gasteiger partial charge in [0.1, 0.15) is 12.1 Å². The molecule has 1 aliphatic rings. The Labute approximate surface area is 171 Å². The first-order valence-corrected chi connectivity index (χ1v) is 9.84. The molecule has 4 aromatic rings. The number of likely N-dealkylation sites (N-methyl/N-ethyl adjacent to an activating group) is 1. The van der Waals surface area contributed by atoms with Crippen molar-refractivity contribution in [3.63, 3.8) is 0 Å². The van der Waals surface area contributed by atoms with Gasteiger partial charge in [-0.25, -0.2) is 0 Å². The van der Waals surface area contributed by atoms with Crippen LogP contribution in [-0.2, 0) is 24.2 Å². The minimum Gasteiger partial charge on any atom is -0.480 e. The molecule has 5 rings (SSSR count). The summed E-state index contributed by atoms with van der Waals surface area (Å²) in [6, 6.07) is 9.93. The average Bonchev–Trinajstić information content (AvgIpc) is 3.26. The molecule has 0 spiro atoms. The minimum absolute atomic E-state index is 0.0517. The number of nitrogens with zero attached hydrogens (tertiary/aromatic N) is 4. The van der Waals surface area contributed by atoms with Gasteiger partial charge in [-0.15, -0.1) is 0 Å². The van der Waals surface area contributed by atoms with Crippen molar-refractivity contribution in [1.82, 2.24) is 14.5 Å². The number of hydrogen-bond acceptors (Lipinski definition) is 5. The topological polar surface area (TPSA) is 84.4 Å². The van der Waals surface area contributed by atoms with Gasteiger partial charge in [-0.3, -0.25) is 9.78 Å². The second kappa shape index (κ2) is 6.77. The van der Waals surface area contributed by atoms with Crippen molar-refractivity contribution in [2.24, 2.45) is 0 Å². The highest BCUT2D eigenvalue weighted by Gasteiger charge is 2.30. The molecule has 29 heavy (non-hydrogen) atoms. The molecule has 8 heteroatoms. The van der Waals surface area contributed by atoms with Crippen LogP contribution in [0.5, 0.6) is 0 Å². The van der Waals surface area contributed by atoms with E-state index in [0.29, 0.717) is 16.6 Å². The summed E-state index contributed by atoms with van der Waals surface area (Å²) < 4.78 is 7.82. The zero-order valence-electron chi connectivity index (χ0n) is 15.8. The van der Waals surface area contributed by atoms with Crippen LogP contribution in [0, 0.1) is 0 Å². The lowest BCUT2D eigenvalue weighted by Crippen LogP contribution is -2.37. The normalized spacial score (nSPS) is 16.3. The Balaban J connectivity index is 1.50. The molecule has 0 radical (unpaired) electrons. The number of aromatic nitrogens is 3. The molecule has 148 valence electrons. The number of rotatable bonds is 4. The summed E-state index contributed by atoms with van der Waals surface area (Å²) in [5, 5.41) is 9.96. The second-order valence-corrected chi connectivity index (χ2v) is 7.83. The average molecular weight is 411 g/mol. The van der Waals surface area contributed by atoms with E-state index in [9.17, 15) is 9.90 Å². The Hall–Kier alpha value is -3.06. The standard InChI is InChI=1S/C21H19ClN4O3/c1-25(21-24-15-6-4-12(22)9-18(15)29-21)13-5-7-16-14(10-13)20-17(3-2-8-23-20)26(16)11-19(27)28/h2-4,6,8-9,13H,5,7,10-11H2,1H3,(H,27,28)/t13-/m0/s1. The zero-order chi connectivity index (χ0) is 20.1. The van der Waals surface area contributed by atoms with Crippen molar-refractivity contribution in [3.8, 4) is 0 Å². The largest absolute Gasteiger partial charge is 0.480 e. The monoisotopic (exact) mass is 410 g/mol. The molecule has 0 fully saturated rings. The molecule has 0 aliphatic heterocycles. The van der Waals surface area contributed by atoms with Gasteiger partial charge in [0.25, 0.3) is 6.01 Å². The van der Waals surface area contributed by atoms with E-state index >= 15 is 0 Å². The van der Waals surface area contributed by atoms with Crippen molar-refractivity contribution >= 4 is 45.7 Å². The highest BCUT2D eigenvalue weighted by atomic mass is 35.5. The maximum absolute atomic E-state index is 11.4. The minimum atomic E-state index is -0.849. The number of benzene rings is 1. The van der Waals surface area contributed by atoms with E-state index in [2.05, 4.69) is 14.9 Å². The number of carboxylic acids is 1. The van der Waals surface area contributed by atoms with Crippen molar-refractivity contribution in [3.05, 3.63) is 52.8 Å². The number of carboxylic acid groups (broad SMARTS) is 1. The number of halogens is 1. The molecule has 3 heterocycles. The van der Waals surface area contributed by atoms with Gasteiger partial charge in [-0.2, -0.15) is 4.98 Å². The van der Waals surface area contributed by atoms with E-state index in [1.807, 2.05) is 29.8 Å². The van der Waals surface area contributed by atoms with E-state index in [0.717, 1.165) is 47.1 Å². The highest BCUT2D eigenvalue weighted by molar-refractivity contribution is 6.31. The Morgan fingerprint density at radius 2 is 2.28 bits per heavy atom. The van der Waals surface area contributed by atoms with Gasteiger partial charge in [0.05, 0.1) is 11.0 Å². The van der Waals surface area contributed by atoms with Crippen LogP contribution in [0.15, 0.2) is 40.9 Å². The molecule has 3 aromatic heterocycles. The van der Waals surface area contributed by atoms with E-state index in [4.69, 9.17) is 16.0 Å². The smallest absolute Gasteiger partial charge is 0.323 e. The summed E-state index contributed by atoms with van der Waals surface area (Å²) in [6.45, 7) is -0.0517. The molecular formula is C21H19ClN4O3. The summed E-state index contributed by atoms with van der Waals surface area (Å²) in [6.07, 6.45) is 4.16. The van der Waals surface area contributed by atoms with Crippen LogP contribution in [-0.4, -0.2) is 38.7 Å². The Bertz CT molecular complexity index is 1250. The Kier molecular flexibility index (Phi) is 4.20. The maximum Gasteiger partial charge on any atom is 0.323 e. The quantitative estimate of drug-likeness (QED) is 0.549. The molecule has 0 unspecified atom stereocenters. The summed E-state index contributed by atoms with van der Waals surface area (Å²) >= 11 is 6.05. The van der Waals surface area contributed by atoms with Crippen LogP contribution >= 0.6 is 11.6 Å². The summed E-state index contributed by atoms with van der Waals surface area (Å²) in [7, 11) is 1.98. The number of pyridine rings is 1.